The van der Waals surface area contributed by atoms with Gasteiger partial charge >= 0.3 is 12.1 Å². The van der Waals surface area contributed by atoms with Crippen LogP contribution in [0.2, 0.25) is 0 Å². The second-order valence-electron chi connectivity index (χ2n) is 5.10. The summed E-state index contributed by atoms with van der Waals surface area (Å²) in [4.78, 5) is 35.0. The van der Waals surface area contributed by atoms with Crippen molar-refractivity contribution >= 4 is 17.8 Å². The lowest BCUT2D eigenvalue weighted by molar-refractivity contribution is -0.138. The second-order valence-corrected chi connectivity index (χ2v) is 5.10. The third kappa shape index (κ3) is 5.27. The molecule has 10 heteroatoms. The normalized spacial score (nSPS) is 10.8. The van der Waals surface area contributed by atoms with Crippen LogP contribution in [0.15, 0.2) is 48.5 Å². The van der Waals surface area contributed by atoms with Gasteiger partial charge in [-0.3, -0.25) is 20.4 Å². The van der Waals surface area contributed by atoms with Crippen LogP contribution in [0.3, 0.4) is 0 Å². The van der Waals surface area contributed by atoms with Gasteiger partial charge in [-0.15, -0.1) is 0 Å². The number of amides is 2. The van der Waals surface area contributed by atoms with Gasteiger partial charge in [0.1, 0.15) is 5.82 Å². The Morgan fingerprint density at radius 3 is 2.11 bits per heavy atom. The molecule has 0 saturated heterocycles. The van der Waals surface area contributed by atoms with Crippen molar-refractivity contribution in [3.05, 3.63) is 71.0 Å². The molecule has 0 aliphatic heterocycles. The maximum atomic E-state index is 13.4. The summed E-state index contributed by atoms with van der Waals surface area (Å²) in [5.41, 5.74) is 1.44. The van der Waals surface area contributed by atoms with Gasteiger partial charge in [0.05, 0.1) is 16.7 Å². The molecular formula is C17H12F4N2O4. The molecule has 2 amide bonds. The summed E-state index contributed by atoms with van der Waals surface area (Å²) in [6, 6.07) is 8.89. The van der Waals surface area contributed by atoms with Crippen LogP contribution < -0.4 is 10.9 Å². The first-order valence-electron chi connectivity index (χ1n) is 7.37. The van der Waals surface area contributed by atoms with Crippen molar-refractivity contribution in [2.45, 2.75) is 6.18 Å². The third-order valence-electron chi connectivity index (χ3n) is 3.22. The highest BCUT2D eigenvalue weighted by Gasteiger charge is 2.35. The molecule has 0 atom stereocenters. The Morgan fingerprint density at radius 2 is 1.48 bits per heavy atom. The lowest BCUT2D eigenvalue weighted by Crippen LogP contribution is -2.43. The van der Waals surface area contributed by atoms with Crippen molar-refractivity contribution in [1.82, 2.24) is 10.9 Å². The van der Waals surface area contributed by atoms with Gasteiger partial charge in [-0.2, -0.15) is 13.2 Å². The predicted molar refractivity (Wildman–Crippen MR) is 83.7 cm³/mol. The van der Waals surface area contributed by atoms with E-state index in [1.807, 2.05) is 10.9 Å². The van der Waals surface area contributed by atoms with E-state index >= 15 is 0 Å². The van der Waals surface area contributed by atoms with Crippen LogP contribution in [0.5, 0.6) is 0 Å². The second kappa shape index (κ2) is 8.30. The van der Waals surface area contributed by atoms with Crippen LogP contribution in [0.4, 0.5) is 17.6 Å². The molecule has 0 fully saturated rings. The Hall–Kier alpha value is -3.43. The van der Waals surface area contributed by atoms with Crippen molar-refractivity contribution < 1.29 is 36.7 Å². The smallest absolute Gasteiger partial charge is 0.417 e. The van der Waals surface area contributed by atoms with Gasteiger partial charge in [0, 0.05) is 0 Å². The van der Waals surface area contributed by atoms with Gasteiger partial charge < -0.3 is 4.74 Å². The lowest BCUT2D eigenvalue weighted by Gasteiger charge is -2.12. The fourth-order valence-electron chi connectivity index (χ4n) is 1.99. The van der Waals surface area contributed by atoms with Gasteiger partial charge in [-0.25, -0.2) is 9.18 Å². The molecule has 27 heavy (non-hydrogen) atoms. The third-order valence-corrected chi connectivity index (χ3v) is 3.22. The molecule has 2 N–H and O–H groups in total. The standard InChI is InChI=1S/C17H12F4N2O4/c18-13-8-4-2-6-11(13)15(25)23-22-14(24)9-27-16(26)10-5-1-3-7-12(10)17(19,20)21/h1-8H,9H2,(H,22,24)(H,23,25). The number of carbonyl (C=O) groups is 3. The largest absolute Gasteiger partial charge is 0.452 e. The van der Waals surface area contributed by atoms with E-state index in [-0.39, 0.29) is 5.56 Å². The number of halogens is 4. The average Bonchev–Trinajstić information content (AvgIpc) is 2.63. The van der Waals surface area contributed by atoms with Gasteiger partial charge in [0.15, 0.2) is 6.61 Å². The van der Waals surface area contributed by atoms with E-state index in [1.165, 1.54) is 24.3 Å². The first-order chi connectivity index (χ1) is 12.7. The molecule has 0 spiro atoms. The number of hydrazine groups is 1. The Labute approximate surface area is 150 Å². The molecule has 0 unspecified atom stereocenters. The summed E-state index contributed by atoms with van der Waals surface area (Å²) in [6.45, 7) is -0.956. The number of esters is 1. The molecular weight excluding hydrogens is 372 g/mol. The van der Waals surface area contributed by atoms with E-state index in [2.05, 4.69) is 4.74 Å². The maximum absolute atomic E-state index is 13.4. The Kier molecular flexibility index (Phi) is 6.11. The molecule has 0 aliphatic rings. The molecule has 2 aromatic carbocycles. The zero-order valence-corrected chi connectivity index (χ0v) is 13.5. The Balaban J connectivity index is 1.90. The molecule has 0 heterocycles. The summed E-state index contributed by atoms with van der Waals surface area (Å²) in [5, 5.41) is 0. The van der Waals surface area contributed by atoms with Crippen molar-refractivity contribution in [1.29, 1.82) is 0 Å². The number of carbonyl (C=O) groups excluding carboxylic acids is 3. The molecule has 0 bridgehead atoms. The quantitative estimate of drug-likeness (QED) is 0.482. The minimum Gasteiger partial charge on any atom is -0.452 e. The summed E-state index contributed by atoms with van der Waals surface area (Å²) < 4.78 is 56.5. The number of benzene rings is 2. The molecule has 2 rings (SSSR count). The van der Waals surface area contributed by atoms with E-state index < -0.39 is 47.5 Å². The van der Waals surface area contributed by atoms with Crippen molar-refractivity contribution in [3.63, 3.8) is 0 Å². The number of ether oxygens (including phenoxy) is 1. The number of hydrogen-bond acceptors (Lipinski definition) is 4. The van der Waals surface area contributed by atoms with Gasteiger partial charge in [-0.05, 0) is 24.3 Å². The Morgan fingerprint density at radius 1 is 0.889 bits per heavy atom. The monoisotopic (exact) mass is 384 g/mol. The minimum absolute atomic E-state index is 0.339. The summed E-state index contributed by atoms with van der Waals surface area (Å²) in [7, 11) is 0. The van der Waals surface area contributed by atoms with E-state index in [0.29, 0.717) is 6.07 Å². The topological polar surface area (TPSA) is 84.5 Å². The van der Waals surface area contributed by atoms with E-state index in [0.717, 1.165) is 18.2 Å². The molecule has 6 nitrogen and oxygen atoms in total. The molecule has 0 aromatic heterocycles. The van der Waals surface area contributed by atoms with Crippen LogP contribution in [-0.4, -0.2) is 24.4 Å². The zero-order valence-electron chi connectivity index (χ0n) is 13.5. The zero-order chi connectivity index (χ0) is 20.0. The fourth-order valence-corrected chi connectivity index (χ4v) is 1.99. The van der Waals surface area contributed by atoms with Crippen LogP contribution >= 0.6 is 0 Å². The van der Waals surface area contributed by atoms with Gasteiger partial charge in [-0.1, -0.05) is 24.3 Å². The van der Waals surface area contributed by atoms with E-state index in [4.69, 9.17) is 0 Å². The van der Waals surface area contributed by atoms with Gasteiger partial charge in [0.25, 0.3) is 11.8 Å². The van der Waals surface area contributed by atoms with Crippen LogP contribution in [0, 0.1) is 5.82 Å². The highest BCUT2D eigenvalue weighted by atomic mass is 19.4. The SMILES string of the molecule is O=C(COC(=O)c1ccccc1C(F)(F)F)NNC(=O)c1ccccc1F. The number of alkyl halides is 3. The maximum Gasteiger partial charge on any atom is 0.417 e. The van der Waals surface area contributed by atoms with Crippen LogP contribution in [0.1, 0.15) is 26.3 Å². The van der Waals surface area contributed by atoms with E-state index in [9.17, 15) is 31.9 Å². The summed E-state index contributed by atoms with van der Waals surface area (Å²) >= 11 is 0. The molecule has 2 aromatic rings. The van der Waals surface area contributed by atoms with Crippen molar-refractivity contribution in [3.8, 4) is 0 Å². The van der Waals surface area contributed by atoms with Gasteiger partial charge in [0.2, 0.25) is 0 Å². The highest BCUT2D eigenvalue weighted by molar-refractivity contribution is 5.96. The van der Waals surface area contributed by atoms with Crippen molar-refractivity contribution in [2.75, 3.05) is 6.61 Å². The predicted octanol–water partition coefficient (Wildman–Crippen LogP) is 2.46. The van der Waals surface area contributed by atoms with Crippen LogP contribution in [0.25, 0.3) is 0 Å². The number of hydrogen-bond donors (Lipinski definition) is 2. The first kappa shape index (κ1) is 19.9. The molecule has 0 radical (unpaired) electrons. The van der Waals surface area contributed by atoms with Crippen molar-refractivity contribution in [2.24, 2.45) is 0 Å². The molecule has 0 aliphatic carbocycles. The summed E-state index contributed by atoms with van der Waals surface area (Å²) in [5.74, 6) is -4.18. The molecule has 142 valence electrons. The summed E-state index contributed by atoms with van der Waals surface area (Å²) in [6.07, 6.45) is -4.77. The molecule has 0 saturated carbocycles. The minimum atomic E-state index is -4.77. The van der Waals surface area contributed by atoms with E-state index in [1.54, 1.807) is 0 Å². The average molecular weight is 384 g/mol. The first-order valence-corrected chi connectivity index (χ1v) is 7.37. The number of nitrogens with one attached hydrogen (secondary N) is 2. The lowest BCUT2D eigenvalue weighted by atomic mass is 10.1. The highest BCUT2D eigenvalue weighted by Crippen LogP contribution is 2.32. The van der Waals surface area contributed by atoms with Crippen LogP contribution in [-0.2, 0) is 15.7 Å². The number of rotatable bonds is 4. The Bertz CT molecular complexity index is 868. The fraction of sp³-hybridized carbons (Fsp3) is 0.118.